The predicted molar refractivity (Wildman–Crippen MR) is 127 cm³/mol. The molecule has 0 heterocycles. The number of unbranched alkanes of at least 4 members (excludes halogenated alkanes) is 3. The highest BCUT2D eigenvalue weighted by Crippen LogP contribution is 2.28. The number of amides is 2. The van der Waals surface area contributed by atoms with Crippen LogP contribution in [0.1, 0.15) is 44.1 Å². The van der Waals surface area contributed by atoms with Gasteiger partial charge in [0.25, 0.3) is 0 Å². The number of nitrogens with one attached hydrogen (secondary N) is 2. The van der Waals surface area contributed by atoms with E-state index in [1.807, 2.05) is 30.3 Å². The molecule has 0 aliphatic heterocycles. The maximum Gasteiger partial charge on any atom is 0.328 e. The summed E-state index contributed by atoms with van der Waals surface area (Å²) in [6, 6.07) is 12.2. The molecule has 7 nitrogen and oxygen atoms in total. The second-order valence-electron chi connectivity index (χ2n) is 7.62. The Hall–Kier alpha value is -2.61. The van der Waals surface area contributed by atoms with Gasteiger partial charge in [0.1, 0.15) is 6.04 Å². The molecule has 0 aliphatic rings. The van der Waals surface area contributed by atoms with Gasteiger partial charge in [0.15, 0.2) is 0 Å². The average molecular weight is 495 g/mol. The lowest BCUT2D eigenvalue weighted by molar-refractivity contribution is -0.145. The molecule has 2 rings (SSSR count). The monoisotopic (exact) mass is 494 g/mol. The smallest absolute Gasteiger partial charge is 0.328 e. The summed E-state index contributed by atoms with van der Waals surface area (Å²) in [5.74, 6) is -1.16. The van der Waals surface area contributed by atoms with Crippen molar-refractivity contribution in [1.82, 2.24) is 10.8 Å². The Morgan fingerprint density at radius 2 is 1.48 bits per heavy atom. The highest BCUT2D eigenvalue weighted by Gasteiger charge is 2.21. The summed E-state index contributed by atoms with van der Waals surface area (Å²) < 4.78 is 4.85. The first-order valence-corrected chi connectivity index (χ1v) is 11.4. The molecule has 0 aromatic heterocycles. The molecule has 9 heteroatoms. The maximum absolute atomic E-state index is 12.3. The van der Waals surface area contributed by atoms with Crippen LogP contribution in [0.25, 0.3) is 11.1 Å². The van der Waals surface area contributed by atoms with Crippen molar-refractivity contribution >= 4 is 41.0 Å². The van der Waals surface area contributed by atoms with Crippen LogP contribution in [0.4, 0.5) is 0 Å². The highest BCUT2D eigenvalue weighted by molar-refractivity contribution is 6.42. The van der Waals surface area contributed by atoms with Crippen LogP contribution < -0.4 is 10.8 Å². The van der Waals surface area contributed by atoms with Crippen molar-refractivity contribution in [3.05, 3.63) is 58.1 Å². The lowest BCUT2D eigenvalue weighted by atomic mass is 10.0. The second-order valence-corrected chi connectivity index (χ2v) is 8.44. The quantitative estimate of drug-likeness (QED) is 0.171. The minimum atomic E-state index is -0.786. The molecule has 1 unspecified atom stereocenters. The van der Waals surface area contributed by atoms with Gasteiger partial charge in [0.2, 0.25) is 11.8 Å². The van der Waals surface area contributed by atoms with E-state index in [0.717, 1.165) is 29.5 Å². The van der Waals surface area contributed by atoms with Gasteiger partial charge in [0.05, 0.1) is 17.2 Å². The van der Waals surface area contributed by atoms with E-state index in [9.17, 15) is 14.4 Å². The van der Waals surface area contributed by atoms with Crippen molar-refractivity contribution in [2.45, 2.75) is 51.0 Å². The Kier molecular flexibility index (Phi) is 11.2. The molecular formula is C24H28Cl2N2O5. The summed E-state index contributed by atoms with van der Waals surface area (Å²) in [4.78, 5) is 35.5. The van der Waals surface area contributed by atoms with Gasteiger partial charge >= 0.3 is 5.97 Å². The standard InChI is InChI=1S/C24H28Cl2N2O5/c1-33-24(31)21(27-22(29)6-4-2-3-5-7-23(30)28-32)14-16-8-10-17(11-9-16)18-12-13-19(25)20(26)15-18/h8-13,15,21,32H,2-7,14H2,1H3,(H,27,29)(H,28,30). The molecule has 0 saturated heterocycles. The molecule has 0 fully saturated rings. The molecule has 2 amide bonds. The molecule has 2 aromatic carbocycles. The second kappa shape index (κ2) is 13.8. The van der Waals surface area contributed by atoms with E-state index in [4.69, 9.17) is 33.1 Å². The van der Waals surface area contributed by atoms with Gasteiger partial charge in [-0.05, 0) is 41.7 Å². The van der Waals surface area contributed by atoms with Gasteiger partial charge in [-0.15, -0.1) is 0 Å². The summed E-state index contributed by atoms with van der Waals surface area (Å²) in [7, 11) is 1.29. The number of benzene rings is 2. The number of hydroxylamine groups is 1. The van der Waals surface area contributed by atoms with Crippen LogP contribution in [0.2, 0.25) is 10.0 Å². The van der Waals surface area contributed by atoms with Crippen LogP contribution >= 0.6 is 23.2 Å². The zero-order valence-corrected chi connectivity index (χ0v) is 19.9. The summed E-state index contributed by atoms with van der Waals surface area (Å²) in [5, 5.41) is 12.2. The fraction of sp³-hybridized carbons (Fsp3) is 0.375. The minimum Gasteiger partial charge on any atom is -0.467 e. The molecule has 33 heavy (non-hydrogen) atoms. The summed E-state index contributed by atoms with van der Waals surface area (Å²) >= 11 is 12.1. The van der Waals surface area contributed by atoms with E-state index in [1.54, 1.807) is 17.6 Å². The molecule has 0 spiro atoms. The molecule has 178 valence electrons. The number of halogens is 2. The molecule has 0 saturated carbocycles. The number of rotatable bonds is 12. The van der Waals surface area contributed by atoms with Gasteiger partial charge in [-0.1, -0.05) is 66.4 Å². The Balaban J connectivity index is 1.88. The summed E-state index contributed by atoms with van der Waals surface area (Å²) in [5.41, 5.74) is 4.34. The summed E-state index contributed by atoms with van der Waals surface area (Å²) in [6.07, 6.45) is 3.64. The van der Waals surface area contributed by atoms with Gasteiger partial charge in [-0.2, -0.15) is 0 Å². The van der Waals surface area contributed by atoms with E-state index in [1.165, 1.54) is 7.11 Å². The summed E-state index contributed by atoms with van der Waals surface area (Å²) in [6.45, 7) is 0. The van der Waals surface area contributed by atoms with Crippen LogP contribution in [0.5, 0.6) is 0 Å². The lowest BCUT2D eigenvalue weighted by Gasteiger charge is -2.17. The zero-order valence-electron chi connectivity index (χ0n) is 18.4. The number of ether oxygens (including phenoxy) is 1. The number of hydrogen-bond acceptors (Lipinski definition) is 5. The topological polar surface area (TPSA) is 105 Å². The fourth-order valence-corrected chi connectivity index (χ4v) is 3.63. The Morgan fingerprint density at radius 1 is 0.879 bits per heavy atom. The van der Waals surface area contributed by atoms with Crippen molar-refractivity contribution in [1.29, 1.82) is 0 Å². The number of carbonyl (C=O) groups is 3. The normalized spacial score (nSPS) is 11.5. The number of hydrogen-bond donors (Lipinski definition) is 3. The van der Waals surface area contributed by atoms with Crippen LogP contribution in [0.3, 0.4) is 0 Å². The van der Waals surface area contributed by atoms with E-state index in [0.29, 0.717) is 29.3 Å². The maximum atomic E-state index is 12.3. The van der Waals surface area contributed by atoms with Crippen LogP contribution in [0, 0.1) is 0 Å². The SMILES string of the molecule is COC(=O)C(Cc1ccc(-c2ccc(Cl)c(Cl)c2)cc1)NC(=O)CCCCCCC(=O)NO. The van der Waals surface area contributed by atoms with Crippen molar-refractivity contribution in [2.24, 2.45) is 0 Å². The molecule has 0 aliphatic carbocycles. The first-order valence-electron chi connectivity index (χ1n) is 10.7. The van der Waals surface area contributed by atoms with Crippen LogP contribution in [-0.4, -0.2) is 36.1 Å². The van der Waals surface area contributed by atoms with Gasteiger partial charge in [-0.3, -0.25) is 14.8 Å². The van der Waals surface area contributed by atoms with Gasteiger partial charge < -0.3 is 10.1 Å². The molecule has 0 bridgehead atoms. The predicted octanol–water partition coefficient (Wildman–Crippen LogP) is 4.71. The van der Waals surface area contributed by atoms with E-state index >= 15 is 0 Å². The molecular weight excluding hydrogens is 467 g/mol. The third-order valence-electron chi connectivity index (χ3n) is 5.15. The fourth-order valence-electron chi connectivity index (χ4n) is 3.33. The highest BCUT2D eigenvalue weighted by atomic mass is 35.5. The zero-order chi connectivity index (χ0) is 24.2. The Labute approximate surface area is 203 Å². The van der Waals surface area contributed by atoms with Gasteiger partial charge in [-0.25, -0.2) is 10.3 Å². The van der Waals surface area contributed by atoms with Crippen LogP contribution in [-0.2, 0) is 25.5 Å². The van der Waals surface area contributed by atoms with Crippen LogP contribution in [0.15, 0.2) is 42.5 Å². The van der Waals surface area contributed by atoms with Crippen molar-refractivity contribution in [2.75, 3.05) is 7.11 Å². The third kappa shape index (κ3) is 9.04. The van der Waals surface area contributed by atoms with Gasteiger partial charge in [0, 0.05) is 19.3 Å². The molecule has 0 radical (unpaired) electrons. The third-order valence-corrected chi connectivity index (χ3v) is 5.89. The first-order chi connectivity index (χ1) is 15.8. The molecule has 3 N–H and O–H groups in total. The lowest BCUT2D eigenvalue weighted by Crippen LogP contribution is -2.43. The number of methoxy groups -OCH3 is 1. The van der Waals surface area contributed by atoms with E-state index in [2.05, 4.69) is 5.32 Å². The number of esters is 1. The molecule has 2 aromatic rings. The molecule has 1 atom stereocenters. The van der Waals surface area contributed by atoms with E-state index in [-0.39, 0.29) is 18.7 Å². The largest absolute Gasteiger partial charge is 0.467 e. The van der Waals surface area contributed by atoms with Crippen molar-refractivity contribution in [3.8, 4) is 11.1 Å². The first kappa shape index (κ1) is 26.6. The van der Waals surface area contributed by atoms with Crippen molar-refractivity contribution in [3.63, 3.8) is 0 Å². The van der Waals surface area contributed by atoms with E-state index < -0.39 is 17.9 Å². The number of carbonyl (C=O) groups excluding carboxylic acids is 3. The minimum absolute atomic E-state index is 0.231. The average Bonchev–Trinajstić information content (AvgIpc) is 2.82. The van der Waals surface area contributed by atoms with Crippen molar-refractivity contribution < 1.29 is 24.3 Å². The Bertz CT molecular complexity index is 950. The Morgan fingerprint density at radius 3 is 2.06 bits per heavy atom.